The zero-order valence-corrected chi connectivity index (χ0v) is 11.3. The van der Waals surface area contributed by atoms with Crippen molar-refractivity contribution in [2.75, 3.05) is 4.90 Å². The summed E-state index contributed by atoms with van der Waals surface area (Å²) >= 11 is 6.16. The van der Waals surface area contributed by atoms with Crippen molar-refractivity contribution < 1.29 is 4.79 Å². The summed E-state index contributed by atoms with van der Waals surface area (Å²) in [6.45, 7) is 1.87. The lowest BCUT2D eigenvalue weighted by molar-refractivity contribution is -0.118. The Balaban J connectivity index is 2.29. The molecule has 2 rings (SSSR count). The maximum atomic E-state index is 12.2. The van der Waals surface area contributed by atoms with Crippen molar-refractivity contribution in [3.05, 3.63) is 30.3 Å². The van der Waals surface area contributed by atoms with Crippen molar-refractivity contribution in [3.63, 3.8) is 0 Å². The second kappa shape index (κ2) is 5.72. The van der Waals surface area contributed by atoms with Crippen LogP contribution >= 0.6 is 11.6 Å². The SMILES string of the molecule is CCC(=O)N(c1ccccc1)C1CC(Cl)CC1N. The van der Waals surface area contributed by atoms with E-state index in [0.717, 1.165) is 18.5 Å². The Labute approximate surface area is 113 Å². The lowest BCUT2D eigenvalue weighted by atomic mass is 10.1. The van der Waals surface area contributed by atoms with Crippen LogP contribution in [0, 0.1) is 0 Å². The summed E-state index contributed by atoms with van der Waals surface area (Å²) in [5.74, 6) is 0.104. The van der Waals surface area contributed by atoms with Crippen molar-refractivity contribution in [1.29, 1.82) is 0 Å². The quantitative estimate of drug-likeness (QED) is 0.855. The number of rotatable bonds is 3. The predicted octanol–water partition coefficient (Wildman–Crippen LogP) is 2.53. The first-order valence-corrected chi connectivity index (χ1v) is 6.84. The maximum Gasteiger partial charge on any atom is 0.227 e. The Morgan fingerprint density at radius 3 is 2.56 bits per heavy atom. The highest BCUT2D eigenvalue weighted by Crippen LogP contribution is 2.31. The third-order valence-corrected chi connectivity index (χ3v) is 3.81. The number of carbonyl (C=O) groups is 1. The van der Waals surface area contributed by atoms with E-state index < -0.39 is 0 Å². The Kier molecular flexibility index (Phi) is 4.25. The first-order valence-electron chi connectivity index (χ1n) is 6.40. The molecule has 2 N–H and O–H groups in total. The molecule has 0 saturated heterocycles. The normalized spacial score (nSPS) is 27.2. The van der Waals surface area contributed by atoms with Gasteiger partial charge in [0.05, 0.1) is 6.04 Å². The fourth-order valence-corrected chi connectivity index (χ4v) is 2.95. The van der Waals surface area contributed by atoms with Gasteiger partial charge in [-0.1, -0.05) is 25.1 Å². The first-order chi connectivity index (χ1) is 8.63. The zero-order chi connectivity index (χ0) is 13.1. The van der Waals surface area contributed by atoms with E-state index >= 15 is 0 Å². The molecule has 1 aliphatic rings. The molecule has 0 heterocycles. The number of hydrogen-bond donors (Lipinski definition) is 1. The molecule has 1 saturated carbocycles. The second-order valence-electron chi connectivity index (χ2n) is 4.75. The molecule has 4 heteroatoms. The number of nitrogens with zero attached hydrogens (tertiary/aromatic N) is 1. The van der Waals surface area contributed by atoms with Crippen LogP contribution in [-0.2, 0) is 4.79 Å². The van der Waals surface area contributed by atoms with E-state index in [0.29, 0.717) is 6.42 Å². The van der Waals surface area contributed by atoms with E-state index in [4.69, 9.17) is 17.3 Å². The number of benzene rings is 1. The average Bonchev–Trinajstić information content (AvgIpc) is 2.70. The van der Waals surface area contributed by atoms with E-state index in [1.165, 1.54) is 0 Å². The molecule has 1 aromatic rings. The molecule has 1 amide bonds. The molecule has 1 aliphatic carbocycles. The molecule has 18 heavy (non-hydrogen) atoms. The van der Waals surface area contributed by atoms with E-state index in [1.807, 2.05) is 42.2 Å². The fraction of sp³-hybridized carbons (Fsp3) is 0.500. The van der Waals surface area contributed by atoms with Gasteiger partial charge in [0.15, 0.2) is 0 Å². The van der Waals surface area contributed by atoms with Crippen molar-refractivity contribution in [2.24, 2.45) is 5.73 Å². The second-order valence-corrected chi connectivity index (χ2v) is 5.37. The smallest absolute Gasteiger partial charge is 0.227 e. The minimum absolute atomic E-state index is 0.0161. The molecule has 3 atom stereocenters. The molecular weight excluding hydrogens is 248 g/mol. The van der Waals surface area contributed by atoms with E-state index in [9.17, 15) is 4.79 Å². The summed E-state index contributed by atoms with van der Waals surface area (Å²) in [4.78, 5) is 14.0. The molecule has 0 radical (unpaired) electrons. The topological polar surface area (TPSA) is 46.3 Å². The van der Waals surface area contributed by atoms with E-state index in [-0.39, 0.29) is 23.4 Å². The van der Waals surface area contributed by atoms with Crippen LogP contribution in [0.4, 0.5) is 5.69 Å². The molecule has 1 aromatic carbocycles. The van der Waals surface area contributed by atoms with Crippen LogP contribution in [0.25, 0.3) is 0 Å². The lowest BCUT2D eigenvalue weighted by Gasteiger charge is -2.31. The average molecular weight is 267 g/mol. The number of para-hydroxylation sites is 1. The van der Waals surface area contributed by atoms with Gasteiger partial charge in [0.25, 0.3) is 0 Å². The highest BCUT2D eigenvalue weighted by Gasteiger charge is 2.37. The third-order valence-electron chi connectivity index (χ3n) is 3.46. The van der Waals surface area contributed by atoms with Gasteiger partial charge in [-0.25, -0.2) is 0 Å². The number of alkyl halides is 1. The number of nitrogens with two attached hydrogens (primary N) is 1. The molecule has 1 fully saturated rings. The van der Waals surface area contributed by atoms with Crippen LogP contribution in [0.3, 0.4) is 0 Å². The van der Waals surface area contributed by atoms with Gasteiger partial charge in [-0.2, -0.15) is 0 Å². The Morgan fingerprint density at radius 2 is 2.06 bits per heavy atom. The van der Waals surface area contributed by atoms with E-state index in [2.05, 4.69) is 0 Å². The van der Waals surface area contributed by atoms with Crippen LogP contribution in [0.1, 0.15) is 26.2 Å². The molecule has 3 unspecified atom stereocenters. The predicted molar refractivity (Wildman–Crippen MR) is 74.9 cm³/mol. The minimum atomic E-state index is -0.0387. The van der Waals surface area contributed by atoms with Gasteiger partial charge in [-0.3, -0.25) is 4.79 Å². The lowest BCUT2D eigenvalue weighted by Crippen LogP contribution is -2.47. The van der Waals surface area contributed by atoms with Gasteiger partial charge in [0.1, 0.15) is 0 Å². The highest BCUT2D eigenvalue weighted by molar-refractivity contribution is 6.21. The van der Waals surface area contributed by atoms with Crippen LogP contribution in [-0.4, -0.2) is 23.4 Å². The summed E-state index contributed by atoms with van der Waals surface area (Å²) in [6.07, 6.45) is 2.01. The van der Waals surface area contributed by atoms with Gasteiger partial charge in [-0.05, 0) is 25.0 Å². The highest BCUT2D eigenvalue weighted by atomic mass is 35.5. The minimum Gasteiger partial charge on any atom is -0.326 e. The fourth-order valence-electron chi connectivity index (χ4n) is 2.56. The molecule has 3 nitrogen and oxygen atoms in total. The molecule has 0 spiro atoms. The zero-order valence-electron chi connectivity index (χ0n) is 10.6. The number of halogens is 1. The summed E-state index contributed by atoms with van der Waals surface area (Å²) in [6, 6.07) is 9.68. The maximum absolute atomic E-state index is 12.2. The largest absolute Gasteiger partial charge is 0.326 e. The summed E-state index contributed by atoms with van der Waals surface area (Å²) in [5, 5.41) is 0.0702. The molecule has 0 bridgehead atoms. The van der Waals surface area contributed by atoms with Crippen molar-refractivity contribution in [1.82, 2.24) is 0 Å². The standard InChI is InChI=1S/C14H19ClN2O/c1-2-14(18)17(11-6-4-3-5-7-11)13-9-10(15)8-12(13)16/h3-7,10,12-13H,2,8-9,16H2,1H3. The van der Waals surface area contributed by atoms with Crippen LogP contribution in [0.15, 0.2) is 30.3 Å². The molecule has 98 valence electrons. The van der Waals surface area contributed by atoms with Crippen LogP contribution in [0.2, 0.25) is 0 Å². The van der Waals surface area contributed by atoms with Crippen LogP contribution in [0.5, 0.6) is 0 Å². The summed E-state index contributed by atoms with van der Waals surface area (Å²) < 4.78 is 0. The number of anilines is 1. The number of hydrogen-bond acceptors (Lipinski definition) is 2. The number of amides is 1. The van der Waals surface area contributed by atoms with Crippen LogP contribution < -0.4 is 10.6 Å². The van der Waals surface area contributed by atoms with Crippen molar-refractivity contribution in [3.8, 4) is 0 Å². The molecular formula is C14H19ClN2O. The first kappa shape index (κ1) is 13.4. The Morgan fingerprint density at radius 1 is 1.39 bits per heavy atom. The van der Waals surface area contributed by atoms with Gasteiger partial charge in [-0.15, -0.1) is 11.6 Å². The summed E-state index contributed by atoms with van der Waals surface area (Å²) in [7, 11) is 0. The summed E-state index contributed by atoms with van der Waals surface area (Å²) in [5.41, 5.74) is 7.03. The Hall–Kier alpha value is -1.06. The number of carbonyl (C=O) groups excluding carboxylic acids is 1. The van der Waals surface area contributed by atoms with Gasteiger partial charge in [0.2, 0.25) is 5.91 Å². The molecule has 0 aromatic heterocycles. The van der Waals surface area contributed by atoms with Gasteiger partial charge >= 0.3 is 0 Å². The van der Waals surface area contributed by atoms with Gasteiger partial charge < -0.3 is 10.6 Å². The van der Waals surface area contributed by atoms with Gasteiger partial charge in [0, 0.05) is 23.5 Å². The molecule has 0 aliphatic heterocycles. The van der Waals surface area contributed by atoms with Crippen molar-refractivity contribution in [2.45, 2.75) is 43.6 Å². The van der Waals surface area contributed by atoms with E-state index in [1.54, 1.807) is 0 Å². The van der Waals surface area contributed by atoms with Crippen molar-refractivity contribution >= 4 is 23.2 Å². The third kappa shape index (κ3) is 2.68. The monoisotopic (exact) mass is 266 g/mol. The Bertz CT molecular complexity index is 410.